The number of carbonyl (C=O) groups excluding carboxylic acids is 2. The molecule has 2 aromatic rings. The molecule has 6 nitrogen and oxygen atoms in total. The number of aromatic nitrogens is 2. The van der Waals surface area contributed by atoms with Gasteiger partial charge in [-0.05, 0) is 34.8 Å². The maximum absolute atomic E-state index is 13.8. The molecule has 1 atom stereocenters. The number of anilines is 1. The van der Waals surface area contributed by atoms with Crippen LogP contribution in [-0.4, -0.2) is 45.8 Å². The summed E-state index contributed by atoms with van der Waals surface area (Å²) in [5, 5.41) is 6.61. The summed E-state index contributed by atoms with van der Waals surface area (Å²) in [5.41, 5.74) is 0.400. The molecular weight excluding hydrogens is 460 g/mol. The zero-order chi connectivity index (χ0) is 21.2. The number of likely N-dealkylation sites (tertiary alicyclic amines) is 1. The molecule has 2 heterocycles. The topological polar surface area (TPSA) is 67.2 Å². The number of rotatable bonds is 5. The molecule has 11 heteroatoms. The van der Waals surface area contributed by atoms with Crippen LogP contribution in [0.4, 0.5) is 23.4 Å². The summed E-state index contributed by atoms with van der Waals surface area (Å²) in [6.07, 6.45) is -3.19. The molecule has 1 fully saturated rings. The van der Waals surface area contributed by atoms with Gasteiger partial charge in [0, 0.05) is 18.3 Å². The van der Waals surface area contributed by atoms with Crippen LogP contribution in [0.1, 0.15) is 18.4 Å². The Morgan fingerprint density at radius 1 is 1.31 bits per heavy atom. The second-order valence-corrected chi connectivity index (χ2v) is 7.51. The van der Waals surface area contributed by atoms with Gasteiger partial charge < -0.3 is 10.2 Å². The third-order valence-corrected chi connectivity index (χ3v) is 5.11. The van der Waals surface area contributed by atoms with Crippen molar-refractivity contribution in [3.8, 4) is 0 Å². The molecule has 1 N–H and O–H groups in total. The zero-order valence-electron chi connectivity index (χ0n) is 15.0. The fourth-order valence-electron chi connectivity index (χ4n) is 3.11. The van der Waals surface area contributed by atoms with Crippen molar-refractivity contribution < 1.29 is 27.2 Å². The average Bonchev–Trinajstić information content (AvgIpc) is 2.97. The Morgan fingerprint density at radius 3 is 2.72 bits per heavy atom. The van der Waals surface area contributed by atoms with Gasteiger partial charge in [0.15, 0.2) is 5.82 Å². The number of nitrogens with one attached hydrogen (secondary N) is 1. The molecule has 0 radical (unpaired) electrons. The Hall–Kier alpha value is -2.43. The van der Waals surface area contributed by atoms with E-state index in [4.69, 9.17) is 0 Å². The molecule has 1 aromatic heterocycles. The first-order valence-electron chi connectivity index (χ1n) is 8.77. The van der Waals surface area contributed by atoms with E-state index in [0.29, 0.717) is 10.0 Å². The van der Waals surface area contributed by atoms with Crippen LogP contribution in [0.15, 0.2) is 34.9 Å². The Bertz CT molecular complexity index is 916. The number of hydrogen-bond acceptors (Lipinski definition) is 3. The highest BCUT2D eigenvalue weighted by Crippen LogP contribution is 2.34. The van der Waals surface area contributed by atoms with Gasteiger partial charge in [0.25, 0.3) is 0 Å². The molecule has 1 unspecified atom stereocenters. The third-order valence-electron chi connectivity index (χ3n) is 4.53. The van der Waals surface area contributed by atoms with Crippen molar-refractivity contribution in [2.45, 2.75) is 25.6 Å². The summed E-state index contributed by atoms with van der Waals surface area (Å²) in [7, 11) is 0. The van der Waals surface area contributed by atoms with Gasteiger partial charge in [-0.15, -0.1) is 0 Å². The highest BCUT2D eigenvalue weighted by Gasteiger charge is 2.48. The summed E-state index contributed by atoms with van der Waals surface area (Å²) in [5.74, 6) is -4.10. The van der Waals surface area contributed by atoms with E-state index in [2.05, 4.69) is 26.3 Å². The van der Waals surface area contributed by atoms with Gasteiger partial charge in [-0.1, -0.05) is 18.2 Å². The van der Waals surface area contributed by atoms with Crippen LogP contribution in [0.5, 0.6) is 0 Å². The van der Waals surface area contributed by atoms with E-state index in [1.165, 1.54) is 16.9 Å². The normalized spacial score (nSPS) is 17.5. The molecular formula is C18H17BrF4N4O2. The number of hydrogen-bond donors (Lipinski definition) is 1. The van der Waals surface area contributed by atoms with Crippen LogP contribution in [0.2, 0.25) is 0 Å². The van der Waals surface area contributed by atoms with Crippen molar-refractivity contribution in [1.29, 1.82) is 0 Å². The lowest BCUT2D eigenvalue weighted by Gasteiger charge is -2.32. The van der Waals surface area contributed by atoms with Crippen LogP contribution in [0, 0.1) is 11.7 Å². The summed E-state index contributed by atoms with van der Waals surface area (Å²) in [6, 6.07) is 6.17. The highest BCUT2D eigenvalue weighted by molar-refractivity contribution is 9.10. The monoisotopic (exact) mass is 476 g/mol. The van der Waals surface area contributed by atoms with Gasteiger partial charge in [-0.25, -0.2) is 4.39 Å². The smallest absolute Gasteiger partial charge is 0.333 e. The van der Waals surface area contributed by atoms with E-state index in [1.54, 1.807) is 18.2 Å². The minimum Gasteiger partial charge on any atom is -0.333 e. The summed E-state index contributed by atoms with van der Waals surface area (Å²) in [4.78, 5) is 25.2. The lowest BCUT2D eigenvalue weighted by Crippen LogP contribution is -2.49. The number of amides is 2. The minimum absolute atomic E-state index is 0.0850. The first-order chi connectivity index (χ1) is 13.6. The van der Waals surface area contributed by atoms with Gasteiger partial charge in [-0.2, -0.15) is 18.3 Å². The van der Waals surface area contributed by atoms with Crippen molar-refractivity contribution in [2.75, 3.05) is 18.4 Å². The molecule has 2 amide bonds. The van der Waals surface area contributed by atoms with E-state index in [-0.39, 0.29) is 31.7 Å². The van der Waals surface area contributed by atoms with Crippen LogP contribution >= 0.6 is 15.9 Å². The number of alkyl halides is 3. The van der Waals surface area contributed by atoms with E-state index >= 15 is 0 Å². The molecule has 156 valence electrons. The standard InChI is InChI=1S/C18H17BrF4N4O2/c19-13-9-27(8-11-4-1-2-6-14(11)20)25-16(13)24-15(28)10-26-7-3-5-12(17(26)29)18(21,22)23/h1-2,4,6,9,12H,3,5,7-8,10H2,(H,24,25,28). The number of halogens is 5. The van der Waals surface area contributed by atoms with Crippen LogP contribution in [-0.2, 0) is 16.1 Å². The lowest BCUT2D eigenvalue weighted by molar-refractivity contribution is -0.195. The molecule has 0 spiro atoms. The van der Waals surface area contributed by atoms with Crippen molar-refractivity contribution in [3.05, 3.63) is 46.3 Å². The Kier molecular flexibility index (Phi) is 6.25. The first kappa shape index (κ1) is 21.3. The van der Waals surface area contributed by atoms with E-state index in [9.17, 15) is 27.2 Å². The fourth-order valence-corrected chi connectivity index (χ4v) is 3.52. The molecule has 1 aliphatic rings. The van der Waals surface area contributed by atoms with Gasteiger partial charge in [0.05, 0.1) is 17.6 Å². The number of piperidine rings is 1. The van der Waals surface area contributed by atoms with E-state index in [0.717, 1.165) is 4.90 Å². The van der Waals surface area contributed by atoms with E-state index in [1.807, 2.05) is 0 Å². The maximum Gasteiger partial charge on any atom is 0.400 e. The van der Waals surface area contributed by atoms with Gasteiger partial charge in [0.2, 0.25) is 11.8 Å². The second kappa shape index (κ2) is 8.52. The SMILES string of the molecule is O=C(CN1CCCC(C(F)(F)F)C1=O)Nc1nn(Cc2ccccc2F)cc1Br. The molecule has 3 rings (SSSR count). The van der Waals surface area contributed by atoms with Crippen molar-refractivity contribution in [1.82, 2.24) is 14.7 Å². The Balaban J connectivity index is 1.63. The Morgan fingerprint density at radius 2 is 2.03 bits per heavy atom. The number of nitrogens with zero attached hydrogens (tertiary/aromatic N) is 3. The van der Waals surface area contributed by atoms with E-state index < -0.39 is 36.3 Å². The Labute approximate surface area is 172 Å². The second-order valence-electron chi connectivity index (χ2n) is 6.66. The molecule has 29 heavy (non-hydrogen) atoms. The summed E-state index contributed by atoms with van der Waals surface area (Å²) >= 11 is 3.23. The van der Waals surface area contributed by atoms with Crippen molar-refractivity contribution in [3.63, 3.8) is 0 Å². The molecule has 1 aliphatic heterocycles. The molecule has 1 aromatic carbocycles. The van der Waals surface area contributed by atoms with Crippen molar-refractivity contribution >= 4 is 33.6 Å². The van der Waals surface area contributed by atoms with Gasteiger partial charge in [-0.3, -0.25) is 14.3 Å². The number of benzene rings is 1. The molecule has 0 aliphatic carbocycles. The largest absolute Gasteiger partial charge is 0.400 e. The molecule has 0 saturated carbocycles. The first-order valence-corrected chi connectivity index (χ1v) is 9.56. The van der Waals surface area contributed by atoms with Gasteiger partial charge in [0.1, 0.15) is 11.7 Å². The van der Waals surface area contributed by atoms with Crippen LogP contribution in [0.3, 0.4) is 0 Å². The summed E-state index contributed by atoms with van der Waals surface area (Å²) in [6.45, 7) is -0.293. The zero-order valence-corrected chi connectivity index (χ0v) is 16.6. The molecule has 0 bridgehead atoms. The quantitative estimate of drug-likeness (QED) is 0.670. The van der Waals surface area contributed by atoms with Gasteiger partial charge >= 0.3 is 6.18 Å². The average molecular weight is 477 g/mol. The third kappa shape index (κ3) is 5.14. The maximum atomic E-state index is 13.8. The number of carbonyl (C=O) groups is 2. The predicted octanol–water partition coefficient (Wildman–Crippen LogP) is 3.57. The fraction of sp³-hybridized carbons (Fsp3) is 0.389. The molecule has 1 saturated heterocycles. The predicted molar refractivity (Wildman–Crippen MR) is 99.4 cm³/mol. The van der Waals surface area contributed by atoms with Crippen LogP contribution < -0.4 is 5.32 Å². The van der Waals surface area contributed by atoms with Crippen molar-refractivity contribution in [2.24, 2.45) is 5.92 Å². The lowest BCUT2D eigenvalue weighted by atomic mass is 9.96. The minimum atomic E-state index is -4.62. The summed E-state index contributed by atoms with van der Waals surface area (Å²) < 4.78 is 54.3. The highest BCUT2D eigenvalue weighted by atomic mass is 79.9. The van der Waals surface area contributed by atoms with Crippen LogP contribution in [0.25, 0.3) is 0 Å².